The van der Waals surface area contributed by atoms with Gasteiger partial charge in [0, 0.05) is 18.3 Å². The van der Waals surface area contributed by atoms with Crippen LogP contribution in [0.2, 0.25) is 0 Å². The maximum atomic E-state index is 10.5. The van der Waals surface area contributed by atoms with E-state index in [-0.39, 0.29) is 18.2 Å². The summed E-state index contributed by atoms with van der Waals surface area (Å²) in [7, 11) is 0. The molecular formula is C10H12N6O4. The highest BCUT2D eigenvalue weighted by Gasteiger charge is 2.12. The molecule has 0 aliphatic rings. The lowest BCUT2D eigenvalue weighted by molar-refractivity contribution is -0.485. The zero-order chi connectivity index (χ0) is 15.1. The summed E-state index contributed by atoms with van der Waals surface area (Å²) in [6, 6.07) is 5.67. The predicted octanol–water partition coefficient (Wildman–Crippen LogP) is 0.909. The van der Waals surface area contributed by atoms with E-state index in [1.165, 1.54) is 30.5 Å². The van der Waals surface area contributed by atoms with Crippen molar-refractivity contribution in [3.63, 3.8) is 0 Å². The zero-order valence-electron chi connectivity index (χ0n) is 10.5. The SMILES string of the molecule is C/C=N/N(Cc1ccc([N+](=O)[O-])cc1)/C(N)=N\[N+](=O)[O-]. The van der Waals surface area contributed by atoms with Gasteiger partial charge in [0.25, 0.3) is 11.6 Å². The van der Waals surface area contributed by atoms with Crippen LogP contribution in [0.4, 0.5) is 5.69 Å². The molecule has 1 aromatic rings. The number of rotatable bonds is 5. The van der Waals surface area contributed by atoms with Crippen LogP contribution in [0, 0.1) is 20.2 Å². The second kappa shape index (κ2) is 6.78. The molecule has 10 nitrogen and oxygen atoms in total. The largest absolute Gasteiger partial charge is 0.363 e. The van der Waals surface area contributed by atoms with Crippen molar-refractivity contribution in [3.8, 4) is 0 Å². The van der Waals surface area contributed by atoms with E-state index in [4.69, 9.17) is 5.73 Å². The molecule has 0 heterocycles. The van der Waals surface area contributed by atoms with Crippen LogP contribution in [-0.2, 0) is 6.54 Å². The van der Waals surface area contributed by atoms with Crippen molar-refractivity contribution >= 4 is 17.9 Å². The Morgan fingerprint density at radius 1 is 1.35 bits per heavy atom. The topological polar surface area (TPSA) is 140 Å². The smallest absolute Gasteiger partial charge is 0.289 e. The minimum atomic E-state index is -0.927. The Balaban J connectivity index is 2.90. The summed E-state index contributed by atoms with van der Waals surface area (Å²) in [5.74, 6) is -0.383. The molecule has 0 amide bonds. The molecule has 0 aliphatic heterocycles. The van der Waals surface area contributed by atoms with Crippen LogP contribution in [0.15, 0.2) is 34.5 Å². The molecule has 0 bridgehead atoms. The van der Waals surface area contributed by atoms with Crippen molar-refractivity contribution < 1.29 is 9.96 Å². The van der Waals surface area contributed by atoms with E-state index in [2.05, 4.69) is 10.2 Å². The molecule has 0 fully saturated rings. The third-order valence-electron chi connectivity index (χ3n) is 2.18. The van der Waals surface area contributed by atoms with Crippen LogP contribution in [0.1, 0.15) is 12.5 Å². The maximum absolute atomic E-state index is 10.5. The molecule has 0 aromatic heterocycles. The molecule has 10 heteroatoms. The van der Waals surface area contributed by atoms with Crippen LogP contribution in [0.5, 0.6) is 0 Å². The van der Waals surface area contributed by atoms with Gasteiger partial charge >= 0.3 is 0 Å². The number of hydrogen-bond acceptors (Lipinski definition) is 5. The third-order valence-corrected chi connectivity index (χ3v) is 2.18. The van der Waals surface area contributed by atoms with Crippen LogP contribution in [0.25, 0.3) is 0 Å². The summed E-state index contributed by atoms with van der Waals surface area (Å²) in [5, 5.41) is 27.8. The molecule has 0 saturated heterocycles. The summed E-state index contributed by atoms with van der Waals surface area (Å²) in [5.41, 5.74) is 6.03. The fraction of sp³-hybridized carbons (Fsp3) is 0.200. The molecule has 0 radical (unpaired) electrons. The highest BCUT2D eigenvalue weighted by Crippen LogP contribution is 2.13. The van der Waals surface area contributed by atoms with Crippen molar-refractivity contribution in [2.24, 2.45) is 15.9 Å². The highest BCUT2D eigenvalue weighted by atomic mass is 16.7. The first-order chi connectivity index (χ1) is 9.43. The van der Waals surface area contributed by atoms with Gasteiger partial charge in [-0.2, -0.15) is 5.10 Å². The molecule has 0 spiro atoms. The average Bonchev–Trinajstić information content (AvgIpc) is 2.38. The molecule has 0 atom stereocenters. The fourth-order valence-corrected chi connectivity index (χ4v) is 1.35. The first-order valence-electron chi connectivity index (χ1n) is 5.42. The number of benzene rings is 1. The van der Waals surface area contributed by atoms with Gasteiger partial charge in [-0.15, -0.1) is 0 Å². The van der Waals surface area contributed by atoms with Gasteiger partial charge in [-0.1, -0.05) is 12.1 Å². The van der Waals surface area contributed by atoms with Crippen molar-refractivity contribution in [1.29, 1.82) is 0 Å². The summed E-state index contributed by atoms with van der Waals surface area (Å²) >= 11 is 0. The first-order valence-corrected chi connectivity index (χ1v) is 5.42. The van der Waals surface area contributed by atoms with Gasteiger partial charge in [-0.05, 0) is 12.5 Å². The van der Waals surface area contributed by atoms with Crippen LogP contribution < -0.4 is 5.73 Å². The number of nitrogens with two attached hydrogens (primary N) is 1. The van der Waals surface area contributed by atoms with Gasteiger partial charge in [-0.25, -0.2) is 15.1 Å². The van der Waals surface area contributed by atoms with Crippen LogP contribution >= 0.6 is 0 Å². The summed E-state index contributed by atoms with van der Waals surface area (Å²) < 4.78 is 0. The van der Waals surface area contributed by atoms with Crippen molar-refractivity contribution in [2.75, 3.05) is 0 Å². The Morgan fingerprint density at radius 2 is 1.95 bits per heavy atom. The number of nitrogens with zero attached hydrogens (tertiary/aromatic N) is 5. The van der Waals surface area contributed by atoms with Crippen LogP contribution in [-0.4, -0.2) is 27.1 Å². The molecule has 1 aromatic carbocycles. The number of nitro groups is 2. The Kier molecular flexibility index (Phi) is 5.09. The predicted molar refractivity (Wildman–Crippen MR) is 71.4 cm³/mol. The van der Waals surface area contributed by atoms with Gasteiger partial charge < -0.3 is 5.73 Å². The Morgan fingerprint density at radius 3 is 2.40 bits per heavy atom. The molecule has 106 valence electrons. The number of nitro benzene ring substituents is 1. The number of guanidine groups is 1. The highest BCUT2D eigenvalue weighted by molar-refractivity contribution is 5.78. The van der Waals surface area contributed by atoms with E-state index in [0.29, 0.717) is 5.56 Å². The standard InChI is InChI=1S/C10H12N6O4/c1-2-12-14(10(11)13-16(19)20)7-8-3-5-9(6-4-8)15(17)18/h2-6H,7H2,1H3,(H2,11,13)/b12-2+. The molecular weight excluding hydrogens is 268 g/mol. The number of hydrogen-bond donors (Lipinski definition) is 1. The lowest BCUT2D eigenvalue weighted by atomic mass is 10.2. The van der Waals surface area contributed by atoms with E-state index < -0.39 is 9.96 Å². The second-order valence-electron chi connectivity index (χ2n) is 3.55. The second-order valence-corrected chi connectivity index (χ2v) is 3.55. The Bertz CT molecular complexity index is 553. The first kappa shape index (κ1) is 15.0. The van der Waals surface area contributed by atoms with Gasteiger partial charge in [0.2, 0.25) is 0 Å². The number of hydrazone groups is 2. The van der Waals surface area contributed by atoms with E-state index in [1.54, 1.807) is 6.92 Å². The monoisotopic (exact) mass is 280 g/mol. The van der Waals surface area contributed by atoms with E-state index in [9.17, 15) is 20.2 Å². The normalized spacial score (nSPS) is 11.6. The lowest BCUT2D eigenvalue weighted by Gasteiger charge is -2.15. The molecule has 1 rings (SSSR count). The lowest BCUT2D eigenvalue weighted by Crippen LogP contribution is -2.33. The van der Waals surface area contributed by atoms with Crippen molar-refractivity contribution in [2.45, 2.75) is 13.5 Å². The molecule has 0 saturated carbocycles. The number of non-ortho nitro benzene ring substituents is 1. The van der Waals surface area contributed by atoms with E-state index >= 15 is 0 Å². The molecule has 2 N–H and O–H groups in total. The van der Waals surface area contributed by atoms with E-state index in [1.807, 2.05) is 0 Å². The average molecular weight is 280 g/mol. The molecule has 0 aliphatic carbocycles. The van der Waals surface area contributed by atoms with Crippen LogP contribution in [0.3, 0.4) is 0 Å². The third kappa shape index (κ3) is 4.33. The molecule has 0 unspecified atom stereocenters. The molecule has 20 heavy (non-hydrogen) atoms. The minimum absolute atomic E-state index is 0.0498. The quantitative estimate of drug-likeness (QED) is 0.368. The summed E-state index contributed by atoms with van der Waals surface area (Å²) in [6.07, 6.45) is 1.40. The minimum Gasteiger partial charge on any atom is -0.363 e. The Labute approximate surface area is 113 Å². The Hall–Kier alpha value is -3.04. The summed E-state index contributed by atoms with van der Waals surface area (Å²) in [6.45, 7) is 1.72. The summed E-state index contributed by atoms with van der Waals surface area (Å²) in [4.78, 5) is 20.3. The fourth-order valence-electron chi connectivity index (χ4n) is 1.35. The van der Waals surface area contributed by atoms with Crippen molar-refractivity contribution in [1.82, 2.24) is 5.01 Å². The zero-order valence-corrected chi connectivity index (χ0v) is 10.5. The van der Waals surface area contributed by atoms with Crippen molar-refractivity contribution in [3.05, 3.63) is 50.1 Å². The maximum Gasteiger partial charge on any atom is 0.289 e. The van der Waals surface area contributed by atoms with Gasteiger partial charge in [0.05, 0.1) is 11.5 Å². The van der Waals surface area contributed by atoms with Gasteiger partial charge in [0.15, 0.2) is 5.03 Å². The van der Waals surface area contributed by atoms with Gasteiger partial charge in [0.1, 0.15) is 5.10 Å². The van der Waals surface area contributed by atoms with E-state index in [0.717, 1.165) is 5.01 Å². The van der Waals surface area contributed by atoms with Gasteiger partial charge in [-0.3, -0.25) is 10.1 Å².